The van der Waals surface area contributed by atoms with Crippen LogP contribution in [0.5, 0.6) is 0 Å². The van der Waals surface area contributed by atoms with Crippen molar-refractivity contribution in [3.8, 4) is 6.07 Å². The SMILES string of the molecule is N#C/C=C/c1ccc(I)cc1. The molecular weight excluding hydrogens is 249 g/mol. The Labute approximate surface area is 79.5 Å². The fourth-order valence-electron chi connectivity index (χ4n) is 0.707. The molecule has 1 aromatic rings. The first-order chi connectivity index (χ1) is 5.33. The van der Waals surface area contributed by atoms with Gasteiger partial charge in [0.05, 0.1) is 6.07 Å². The second-order valence-corrected chi connectivity index (χ2v) is 3.26. The van der Waals surface area contributed by atoms with Crippen LogP contribution in [0.1, 0.15) is 5.56 Å². The monoisotopic (exact) mass is 255 g/mol. The van der Waals surface area contributed by atoms with E-state index < -0.39 is 0 Å². The van der Waals surface area contributed by atoms with Crippen molar-refractivity contribution in [3.05, 3.63) is 39.5 Å². The van der Waals surface area contributed by atoms with E-state index in [9.17, 15) is 0 Å². The zero-order valence-electron chi connectivity index (χ0n) is 5.79. The molecule has 0 bridgehead atoms. The Morgan fingerprint density at radius 2 is 1.91 bits per heavy atom. The van der Waals surface area contributed by atoms with Crippen LogP contribution in [-0.2, 0) is 0 Å². The van der Waals surface area contributed by atoms with Crippen molar-refractivity contribution in [3.63, 3.8) is 0 Å². The average molecular weight is 255 g/mol. The van der Waals surface area contributed by atoms with E-state index in [-0.39, 0.29) is 0 Å². The lowest BCUT2D eigenvalue weighted by Crippen LogP contribution is -1.71. The molecule has 1 rings (SSSR count). The molecule has 0 saturated carbocycles. The number of allylic oxidation sites excluding steroid dienone is 1. The lowest BCUT2D eigenvalue weighted by atomic mass is 10.2. The highest BCUT2D eigenvalue weighted by atomic mass is 127. The maximum Gasteiger partial charge on any atom is 0.0912 e. The van der Waals surface area contributed by atoms with Crippen LogP contribution in [0.4, 0.5) is 0 Å². The zero-order chi connectivity index (χ0) is 8.10. The van der Waals surface area contributed by atoms with Gasteiger partial charge < -0.3 is 0 Å². The van der Waals surface area contributed by atoms with Gasteiger partial charge in [-0.05, 0) is 46.4 Å². The molecule has 0 fully saturated rings. The molecule has 0 aromatic heterocycles. The first-order valence-corrected chi connectivity index (χ1v) is 4.22. The molecule has 11 heavy (non-hydrogen) atoms. The molecule has 0 unspecified atom stereocenters. The van der Waals surface area contributed by atoms with Gasteiger partial charge in [-0.3, -0.25) is 0 Å². The predicted octanol–water partition coefficient (Wildman–Crippen LogP) is 2.83. The quantitative estimate of drug-likeness (QED) is 0.559. The summed E-state index contributed by atoms with van der Waals surface area (Å²) >= 11 is 2.25. The van der Waals surface area contributed by atoms with E-state index in [1.54, 1.807) is 6.08 Å². The Morgan fingerprint density at radius 3 is 2.45 bits per heavy atom. The van der Waals surface area contributed by atoms with Gasteiger partial charge >= 0.3 is 0 Å². The fourth-order valence-corrected chi connectivity index (χ4v) is 1.07. The van der Waals surface area contributed by atoms with Gasteiger partial charge in [-0.15, -0.1) is 0 Å². The third kappa shape index (κ3) is 2.72. The van der Waals surface area contributed by atoms with Crippen LogP contribution >= 0.6 is 22.6 Å². The second-order valence-electron chi connectivity index (χ2n) is 2.01. The summed E-state index contributed by atoms with van der Waals surface area (Å²) in [5.41, 5.74) is 1.06. The molecule has 2 heteroatoms. The molecule has 0 aliphatic rings. The third-order valence-corrected chi connectivity index (χ3v) is 1.94. The van der Waals surface area contributed by atoms with E-state index in [2.05, 4.69) is 22.6 Å². The average Bonchev–Trinajstić information content (AvgIpc) is 2.04. The minimum absolute atomic E-state index is 1.06. The molecule has 54 valence electrons. The van der Waals surface area contributed by atoms with Gasteiger partial charge in [-0.25, -0.2) is 0 Å². The molecule has 0 atom stereocenters. The highest BCUT2D eigenvalue weighted by Crippen LogP contribution is 2.07. The Bertz CT molecular complexity index is 292. The summed E-state index contributed by atoms with van der Waals surface area (Å²) in [7, 11) is 0. The Morgan fingerprint density at radius 1 is 1.27 bits per heavy atom. The first kappa shape index (κ1) is 8.28. The summed E-state index contributed by atoms with van der Waals surface area (Å²) in [6.45, 7) is 0. The smallest absolute Gasteiger partial charge is 0.0912 e. The maximum absolute atomic E-state index is 8.24. The minimum atomic E-state index is 1.06. The zero-order valence-corrected chi connectivity index (χ0v) is 7.95. The summed E-state index contributed by atoms with van der Waals surface area (Å²) in [5.74, 6) is 0. The van der Waals surface area contributed by atoms with E-state index in [0.29, 0.717) is 0 Å². The third-order valence-electron chi connectivity index (χ3n) is 1.22. The minimum Gasteiger partial charge on any atom is -0.193 e. The van der Waals surface area contributed by atoms with Gasteiger partial charge in [-0.1, -0.05) is 12.1 Å². The molecule has 0 amide bonds. The summed E-state index contributed by atoms with van der Waals surface area (Å²) in [6.07, 6.45) is 3.26. The molecule has 0 radical (unpaired) electrons. The maximum atomic E-state index is 8.24. The van der Waals surface area contributed by atoms with Crippen molar-refractivity contribution in [1.82, 2.24) is 0 Å². The molecule has 0 aliphatic heterocycles. The summed E-state index contributed by atoms with van der Waals surface area (Å²) in [6, 6.07) is 9.93. The van der Waals surface area contributed by atoms with Gasteiger partial charge in [0, 0.05) is 9.65 Å². The highest BCUT2D eigenvalue weighted by molar-refractivity contribution is 14.1. The van der Waals surface area contributed by atoms with Crippen LogP contribution in [0, 0.1) is 14.9 Å². The van der Waals surface area contributed by atoms with Crippen LogP contribution < -0.4 is 0 Å². The Hall–Kier alpha value is -0.820. The topological polar surface area (TPSA) is 23.8 Å². The lowest BCUT2D eigenvalue weighted by Gasteiger charge is -1.90. The molecule has 1 nitrogen and oxygen atoms in total. The van der Waals surface area contributed by atoms with E-state index in [0.717, 1.165) is 5.56 Å². The van der Waals surface area contributed by atoms with Crippen LogP contribution in [-0.4, -0.2) is 0 Å². The van der Waals surface area contributed by atoms with Crippen molar-refractivity contribution in [1.29, 1.82) is 5.26 Å². The van der Waals surface area contributed by atoms with E-state index in [1.807, 2.05) is 30.3 Å². The van der Waals surface area contributed by atoms with Crippen LogP contribution in [0.15, 0.2) is 30.3 Å². The molecule has 0 heterocycles. The van der Waals surface area contributed by atoms with E-state index >= 15 is 0 Å². The molecule has 0 aliphatic carbocycles. The normalized spacial score (nSPS) is 9.82. The Kier molecular flexibility index (Phi) is 3.12. The molecule has 1 aromatic carbocycles. The number of halogens is 1. The van der Waals surface area contributed by atoms with E-state index in [4.69, 9.17) is 5.26 Å². The number of nitrogens with zero attached hydrogens (tertiary/aromatic N) is 1. The van der Waals surface area contributed by atoms with Gasteiger partial charge in [-0.2, -0.15) is 5.26 Å². The van der Waals surface area contributed by atoms with Crippen molar-refractivity contribution in [2.75, 3.05) is 0 Å². The van der Waals surface area contributed by atoms with Gasteiger partial charge in [0.2, 0.25) is 0 Å². The molecular formula is C9H6IN. The first-order valence-electron chi connectivity index (χ1n) is 3.14. The number of benzene rings is 1. The number of hydrogen-bond donors (Lipinski definition) is 0. The summed E-state index contributed by atoms with van der Waals surface area (Å²) in [5, 5.41) is 8.24. The van der Waals surface area contributed by atoms with Crippen LogP contribution in [0.25, 0.3) is 6.08 Å². The van der Waals surface area contributed by atoms with E-state index in [1.165, 1.54) is 9.65 Å². The summed E-state index contributed by atoms with van der Waals surface area (Å²) in [4.78, 5) is 0. The van der Waals surface area contributed by atoms with Crippen molar-refractivity contribution < 1.29 is 0 Å². The standard InChI is InChI=1S/C9H6IN/c10-9-5-3-8(4-6-9)2-1-7-11/h1-6H/b2-1+. The Balaban J connectivity index is 2.84. The molecule has 0 saturated heterocycles. The number of nitriles is 1. The van der Waals surface area contributed by atoms with Crippen LogP contribution in [0.2, 0.25) is 0 Å². The van der Waals surface area contributed by atoms with Gasteiger partial charge in [0.25, 0.3) is 0 Å². The largest absolute Gasteiger partial charge is 0.193 e. The van der Waals surface area contributed by atoms with Crippen molar-refractivity contribution in [2.45, 2.75) is 0 Å². The fraction of sp³-hybridized carbons (Fsp3) is 0. The van der Waals surface area contributed by atoms with Gasteiger partial charge in [0.15, 0.2) is 0 Å². The summed E-state index contributed by atoms with van der Waals surface area (Å²) < 4.78 is 1.21. The van der Waals surface area contributed by atoms with Crippen molar-refractivity contribution >= 4 is 28.7 Å². The highest BCUT2D eigenvalue weighted by Gasteiger charge is 1.85. The molecule has 0 spiro atoms. The number of hydrogen-bond acceptors (Lipinski definition) is 1. The molecule has 0 N–H and O–H groups in total. The van der Waals surface area contributed by atoms with Gasteiger partial charge in [0.1, 0.15) is 0 Å². The van der Waals surface area contributed by atoms with Crippen molar-refractivity contribution in [2.24, 2.45) is 0 Å². The lowest BCUT2D eigenvalue weighted by molar-refractivity contribution is 1.53. The second kappa shape index (κ2) is 4.14. The number of rotatable bonds is 1. The van der Waals surface area contributed by atoms with Crippen LogP contribution in [0.3, 0.4) is 0 Å². The predicted molar refractivity (Wildman–Crippen MR) is 53.8 cm³/mol.